The zero-order valence-corrected chi connectivity index (χ0v) is 7.45. The Balaban J connectivity index is -0.0000000800. The van der Waals surface area contributed by atoms with Gasteiger partial charge in [-0.3, -0.25) is 6.58 Å². The van der Waals surface area contributed by atoms with E-state index in [2.05, 4.69) is 6.58 Å². The molecule has 0 aliphatic rings. The van der Waals surface area contributed by atoms with E-state index in [9.17, 15) is 0 Å². The van der Waals surface area contributed by atoms with Crippen LogP contribution in [-0.2, 0) is 0 Å². The molecule has 0 N–H and O–H groups in total. The van der Waals surface area contributed by atoms with Crippen LogP contribution in [0.4, 0.5) is 0 Å². The number of allylic oxidation sites excluding steroid dienone is 2. The molecule has 0 aliphatic heterocycles. The van der Waals surface area contributed by atoms with Crippen LogP contribution in [0, 0.1) is 6.58 Å². The summed E-state index contributed by atoms with van der Waals surface area (Å²) in [6, 6.07) is 0. The van der Waals surface area contributed by atoms with Crippen molar-refractivity contribution in [1.29, 1.82) is 0 Å². The van der Waals surface area contributed by atoms with Gasteiger partial charge in [-0.2, -0.15) is 6.58 Å². The van der Waals surface area contributed by atoms with Crippen LogP contribution in [0.3, 0.4) is 0 Å². The Bertz CT molecular complexity index is 59.1. The summed E-state index contributed by atoms with van der Waals surface area (Å²) in [5, 5.41) is 0. The average Bonchev–Trinajstić information content (AvgIpc) is 1.38. The maximum atomic E-state index is 4.95. The van der Waals surface area contributed by atoms with E-state index in [0.29, 0.717) is 0 Å². The van der Waals surface area contributed by atoms with Gasteiger partial charge in [0.05, 0.1) is 0 Å². The predicted octanol–water partition coefficient (Wildman–Crippen LogP) is -1.83. The van der Waals surface area contributed by atoms with Crippen molar-refractivity contribution in [3.63, 3.8) is 0 Å². The van der Waals surface area contributed by atoms with E-state index in [1.165, 1.54) is 6.08 Å². The third kappa shape index (κ3) is 20.2. The van der Waals surface area contributed by atoms with E-state index in [4.69, 9.17) is 6.58 Å². The first kappa shape index (κ1) is 15.6. The molecule has 0 aromatic carbocycles. The molecule has 0 aromatic heterocycles. The first-order chi connectivity index (χ1) is 2.27. The normalized spacial score (nSPS) is 4.71. The Hall–Kier alpha value is 0.726. The molecule has 7 heavy (non-hydrogen) atoms. The predicted molar refractivity (Wildman–Crippen MR) is 29.4 cm³/mol. The second kappa shape index (κ2) is 9.87. The molecule has 0 heterocycles. The Labute approximate surface area is 71.6 Å². The molecule has 0 fully saturated rings. The van der Waals surface area contributed by atoms with E-state index >= 15 is 0 Å². The summed E-state index contributed by atoms with van der Waals surface area (Å²) in [5.74, 6) is 0. The molecule has 0 saturated heterocycles. The van der Waals surface area contributed by atoms with Crippen LogP contribution in [-0.4, -0.2) is 23.1 Å². The van der Waals surface area contributed by atoms with Gasteiger partial charge in [-0.15, -0.1) is 6.92 Å². The smallest absolute Gasteiger partial charge is 1.00 e. The Morgan fingerprint density at radius 1 is 1.71 bits per heavy atom. The van der Waals surface area contributed by atoms with Gasteiger partial charge in [0.1, 0.15) is 0 Å². The van der Waals surface area contributed by atoms with E-state index in [0.717, 1.165) is 5.57 Å². The first-order valence-electron chi connectivity index (χ1n) is 1.48. The number of hydrogen-bond donors (Lipinski definition) is 0. The van der Waals surface area contributed by atoms with Gasteiger partial charge in [0.2, 0.25) is 0 Å². The minimum Gasteiger partial charge on any atom is -1.00 e. The fourth-order valence-electron chi connectivity index (χ4n) is 0. The van der Waals surface area contributed by atoms with Gasteiger partial charge in [0.15, 0.2) is 0 Å². The molecule has 36 valence electrons. The molecule has 2 heteroatoms. The minimum atomic E-state index is 0. The molecule has 0 unspecified atom stereocenters. The van der Waals surface area contributed by atoms with Gasteiger partial charge in [-0.1, -0.05) is 0 Å². The SMILES string of the molecule is [Br-].[CH-]=CC(=C)C.[Mg+2]. The van der Waals surface area contributed by atoms with Gasteiger partial charge in [-0.05, 0) is 0 Å². The Kier molecular flexibility index (Phi) is 22.1. The van der Waals surface area contributed by atoms with Crippen molar-refractivity contribution in [2.24, 2.45) is 0 Å². The summed E-state index contributed by atoms with van der Waals surface area (Å²) in [4.78, 5) is 0. The third-order valence-electron chi connectivity index (χ3n) is 0.285. The maximum absolute atomic E-state index is 4.95. The molecule has 0 rings (SSSR count). The van der Waals surface area contributed by atoms with Crippen LogP contribution in [0.1, 0.15) is 6.92 Å². The van der Waals surface area contributed by atoms with Gasteiger partial charge in [-0.25, -0.2) is 11.6 Å². The van der Waals surface area contributed by atoms with E-state index < -0.39 is 0 Å². The number of hydrogen-bond acceptors (Lipinski definition) is 0. The van der Waals surface area contributed by atoms with Crippen molar-refractivity contribution in [3.8, 4) is 0 Å². The number of halogens is 1. The standard InChI is InChI=1S/C5H7.BrH.Mg/c1-4-5(2)3;;/h1,4H,2H2,3H3;1H;/q-1;;+2/p-1. The molecule has 0 atom stereocenters. The van der Waals surface area contributed by atoms with Crippen molar-refractivity contribution in [1.82, 2.24) is 0 Å². The second-order valence-electron chi connectivity index (χ2n) is 1.01. The van der Waals surface area contributed by atoms with E-state index in [1.54, 1.807) is 0 Å². The average molecular weight is 171 g/mol. The van der Waals surface area contributed by atoms with Gasteiger partial charge < -0.3 is 17.0 Å². The van der Waals surface area contributed by atoms with Crippen molar-refractivity contribution < 1.29 is 17.0 Å². The summed E-state index contributed by atoms with van der Waals surface area (Å²) in [6.07, 6.45) is 1.47. The Morgan fingerprint density at radius 2 is 1.86 bits per heavy atom. The molecule has 0 nitrogen and oxygen atoms in total. The van der Waals surface area contributed by atoms with Crippen LogP contribution in [0.2, 0.25) is 0 Å². The topological polar surface area (TPSA) is 0 Å². The quantitative estimate of drug-likeness (QED) is 0.247. The van der Waals surface area contributed by atoms with Crippen molar-refractivity contribution >= 4 is 23.1 Å². The van der Waals surface area contributed by atoms with Crippen molar-refractivity contribution in [3.05, 3.63) is 24.8 Å². The summed E-state index contributed by atoms with van der Waals surface area (Å²) in [6.45, 7) is 10.3. The monoisotopic (exact) mass is 170 g/mol. The summed E-state index contributed by atoms with van der Waals surface area (Å²) in [5.41, 5.74) is 0.907. The van der Waals surface area contributed by atoms with Crippen LogP contribution < -0.4 is 17.0 Å². The largest absolute Gasteiger partial charge is 2.00 e. The third-order valence-corrected chi connectivity index (χ3v) is 0.285. The fraction of sp³-hybridized carbons (Fsp3) is 0.200. The fourth-order valence-corrected chi connectivity index (χ4v) is 0. The molecule has 0 spiro atoms. The molecule has 0 amide bonds. The van der Waals surface area contributed by atoms with E-state index in [-0.39, 0.29) is 40.0 Å². The minimum absolute atomic E-state index is 0. The molecular weight excluding hydrogens is 164 g/mol. The van der Waals surface area contributed by atoms with Crippen LogP contribution in [0.15, 0.2) is 18.2 Å². The Morgan fingerprint density at radius 3 is 1.86 bits per heavy atom. The first-order valence-corrected chi connectivity index (χ1v) is 1.48. The molecule has 0 aromatic rings. The molecule has 0 bridgehead atoms. The summed E-state index contributed by atoms with van der Waals surface area (Å²) < 4.78 is 0. The van der Waals surface area contributed by atoms with E-state index in [1.807, 2.05) is 6.92 Å². The van der Waals surface area contributed by atoms with Gasteiger partial charge in [0.25, 0.3) is 0 Å². The van der Waals surface area contributed by atoms with Crippen molar-refractivity contribution in [2.75, 3.05) is 0 Å². The van der Waals surface area contributed by atoms with Crippen LogP contribution >= 0.6 is 0 Å². The van der Waals surface area contributed by atoms with Crippen LogP contribution in [0.25, 0.3) is 0 Å². The number of rotatable bonds is 1. The molecule has 0 radical (unpaired) electrons. The van der Waals surface area contributed by atoms with Crippen LogP contribution in [0.5, 0.6) is 0 Å². The van der Waals surface area contributed by atoms with Crippen molar-refractivity contribution in [2.45, 2.75) is 6.92 Å². The maximum Gasteiger partial charge on any atom is 2.00 e. The summed E-state index contributed by atoms with van der Waals surface area (Å²) >= 11 is 0. The van der Waals surface area contributed by atoms with Gasteiger partial charge >= 0.3 is 23.1 Å². The molecule has 0 aliphatic carbocycles. The summed E-state index contributed by atoms with van der Waals surface area (Å²) in [7, 11) is 0. The van der Waals surface area contributed by atoms with Gasteiger partial charge in [0, 0.05) is 0 Å². The zero-order valence-electron chi connectivity index (χ0n) is 4.45. The second-order valence-corrected chi connectivity index (χ2v) is 1.01. The molecule has 0 saturated carbocycles. The molecular formula is C5H7BrMg. The zero-order chi connectivity index (χ0) is 4.28.